The number of aromatic nitrogens is 3. The Morgan fingerprint density at radius 3 is 2.56 bits per heavy atom. The molecule has 0 aliphatic heterocycles. The number of carboxylic acid groups (broad SMARTS) is 1. The summed E-state index contributed by atoms with van der Waals surface area (Å²) in [6.07, 6.45) is 2.59. The third kappa shape index (κ3) is 4.38. The van der Waals surface area contributed by atoms with Crippen molar-refractivity contribution >= 4 is 23.9 Å². The van der Waals surface area contributed by atoms with Gasteiger partial charge in [-0.25, -0.2) is 9.78 Å². The molecule has 0 unspecified atom stereocenters. The lowest BCUT2D eigenvalue weighted by Crippen LogP contribution is -2.44. The largest absolute Gasteiger partial charge is 0.480 e. The topological polar surface area (TPSA) is 151 Å². The van der Waals surface area contributed by atoms with Crippen molar-refractivity contribution in [2.75, 3.05) is 18.4 Å². The summed E-state index contributed by atoms with van der Waals surface area (Å²) >= 11 is 0. The highest BCUT2D eigenvalue weighted by Crippen LogP contribution is 1.97. The number of carboxylic acids is 1. The van der Waals surface area contributed by atoms with Crippen LogP contribution in [-0.4, -0.2) is 56.2 Å². The molecule has 1 aromatic rings. The zero-order chi connectivity index (χ0) is 13.5. The molecule has 1 heterocycles. The maximum absolute atomic E-state index is 11.6. The number of hydrogen-bond donors (Lipinski definition) is 3. The first-order valence-corrected chi connectivity index (χ1v) is 4.68. The van der Waals surface area contributed by atoms with Crippen LogP contribution < -0.4 is 11.1 Å². The Morgan fingerprint density at radius 1 is 1.33 bits per heavy atom. The Kier molecular flexibility index (Phi) is 4.49. The Balaban J connectivity index is 2.69. The maximum atomic E-state index is 11.6. The van der Waals surface area contributed by atoms with Crippen LogP contribution in [0.3, 0.4) is 0 Å². The molecule has 0 bridgehead atoms. The van der Waals surface area contributed by atoms with Crippen LogP contribution in [0.1, 0.15) is 0 Å². The number of carbonyl (C=O) groups is 3. The molecule has 0 fully saturated rings. The second-order valence-electron chi connectivity index (χ2n) is 3.11. The molecule has 0 saturated heterocycles. The van der Waals surface area contributed by atoms with Crippen molar-refractivity contribution < 1.29 is 19.5 Å². The maximum Gasteiger partial charge on any atom is 0.325 e. The van der Waals surface area contributed by atoms with Gasteiger partial charge in [-0.05, 0) is 0 Å². The number of carbonyl (C=O) groups excluding carboxylic acids is 2. The van der Waals surface area contributed by atoms with Crippen LogP contribution >= 0.6 is 0 Å². The van der Waals surface area contributed by atoms with E-state index in [9.17, 15) is 14.4 Å². The Bertz CT molecular complexity index is 434. The van der Waals surface area contributed by atoms with Gasteiger partial charge in [-0.3, -0.25) is 14.9 Å². The van der Waals surface area contributed by atoms with Crippen LogP contribution in [0.2, 0.25) is 0 Å². The predicted octanol–water partition coefficient (Wildman–Crippen LogP) is -1.72. The summed E-state index contributed by atoms with van der Waals surface area (Å²) < 4.78 is 0. The molecule has 4 N–H and O–H groups in total. The Hall–Kier alpha value is -2.78. The van der Waals surface area contributed by atoms with Crippen LogP contribution in [0, 0.1) is 0 Å². The lowest BCUT2D eigenvalue weighted by molar-refractivity contribution is -0.137. The number of urea groups is 1. The van der Waals surface area contributed by atoms with Gasteiger partial charge in [0, 0.05) is 0 Å². The first-order valence-electron chi connectivity index (χ1n) is 4.68. The van der Waals surface area contributed by atoms with Gasteiger partial charge in [0.25, 0.3) is 5.95 Å². The van der Waals surface area contributed by atoms with Gasteiger partial charge >= 0.3 is 12.0 Å². The van der Waals surface area contributed by atoms with Gasteiger partial charge in [0.1, 0.15) is 13.1 Å². The molecule has 10 nitrogen and oxygen atoms in total. The van der Waals surface area contributed by atoms with Gasteiger partial charge in [-0.2, -0.15) is 5.10 Å². The first-order chi connectivity index (χ1) is 8.49. The second-order valence-corrected chi connectivity index (χ2v) is 3.11. The van der Waals surface area contributed by atoms with Gasteiger partial charge in [-0.1, -0.05) is 0 Å². The van der Waals surface area contributed by atoms with E-state index >= 15 is 0 Å². The quantitative estimate of drug-likeness (QED) is 0.564. The number of nitrogens with two attached hydrogens (primary N) is 1. The highest BCUT2D eigenvalue weighted by Gasteiger charge is 2.19. The lowest BCUT2D eigenvalue weighted by atomic mass is 10.4. The van der Waals surface area contributed by atoms with Gasteiger partial charge in [-0.15, -0.1) is 5.10 Å². The summed E-state index contributed by atoms with van der Waals surface area (Å²) in [5, 5.41) is 17.7. The van der Waals surface area contributed by atoms with E-state index in [1.807, 2.05) is 0 Å². The Labute approximate surface area is 101 Å². The molecular formula is C8H10N6O4. The molecule has 0 spiro atoms. The van der Waals surface area contributed by atoms with Crippen LogP contribution in [-0.2, 0) is 9.59 Å². The molecular weight excluding hydrogens is 244 g/mol. The van der Waals surface area contributed by atoms with Crippen molar-refractivity contribution in [1.29, 1.82) is 0 Å². The molecule has 10 heteroatoms. The molecule has 0 aromatic carbocycles. The fraction of sp³-hybridized carbons (Fsp3) is 0.250. The van der Waals surface area contributed by atoms with E-state index in [1.165, 1.54) is 12.4 Å². The minimum absolute atomic E-state index is 0.109. The van der Waals surface area contributed by atoms with E-state index in [1.54, 1.807) is 0 Å². The van der Waals surface area contributed by atoms with Crippen molar-refractivity contribution in [3.05, 3.63) is 12.4 Å². The van der Waals surface area contributed by atoms with Gasteiger partial charge in [0.15, 0.2) is 0 Å². The first kappa shape index (κ1) is 13.3. The summed E-state index contributed by atoms with van der Waals surface area (Å²) in [6.45, 7) is -1.20. The summed E-state index contributed by atoms with van der Waals surface area (Å²) in [5.74, 6) is -2.22. The van der Waals surface area contributed by atoms with Crippen molar-refractivity contribution in [3.63, 3.8) is 0 Å². The average Bonchev–Trinajstić information content (AvgIpc) is 2.28. The number of nitrogens with one attached hydrogen (secondary N) is 1. The van der Waals surface area contributed by atoms with E-state index in [0.717, 1.165) is 0 Å². The van der Waals surface area contributed by atoms with E-state index in [-0.39, 0.29) is 5.95 Å². The normalized spacial score (nSPS) is 9.56. The number of hydrogen-bond acceptors (Lipinski definition) is 6. The third-order valence-electron chi connectivity index (χ3n) is 1.66. The van der Waals surface area contributed by atoms with Crippen molar-refractivity contribution in [1.82, 2.24) is 20.1 Å². The van der Waals surface area contributed by atoms with Gasteiger partial charge in [0.2, 0.25) is 5.91 Å². The zero-order valence-electron chi connectivity index (χ0n) is 9.11. The van der Waals surface area contributed by atoms with E-state index in [4.69, 9.17) is 10.8 Å². The minimum Gasteiger partial charge on any atom is -0.480 e. The molecule has 0 aliphatic rings. The summed E-state index contributed by atoms with van der Waals surface area (Å²) in [4.78, 5) is 37.2. The van der Waals surface area contributed by atoms with Gasteiger partial charge < -0.3 is 15.7 Å². The zero-order valence-corrected chi connectivity index (χ0v) is 9.11. The monoisotopic (exact) mass is 254 g/mol. The molecule has 1 aromatic heterocycles. The van der Waals surface area contributed by atoms with Crippen molar-refractivity contribution in [3.8, 4) is 0 Å². The number of primary amides is 1. The average molecular weight is 254 g/mol. The highest BCUT2D eigenvalue weighted by molar-refractivity contribution is 5.92. The molecule has 1 rings (SSSR count). The SMILES string of the molecule is NC(=O)CN(CC(=O)O)C(=O)Nc1nccnn1. The van der Waals surface area contributed by atoms with Crippen LogP contribution in [0.25, 0.3) is 0 Å². The number of anilines is 1. The predicted molar refractivity (Wildman–Crippen MR) is 57.2 cm³/mol. The standard InChI is InChI=1S/C8H10N6O4/c9-5(15)3-14(4-6(16)17)8(18)12-7-10-1-2-11-13-7/h1-2H,3-4H2,(H2,9,15)(H,16,17)(H,10,12,13,18). The minimum atomic E-state index is -1.28. The number of rotatable bonds is 5. The van der Waals surface area contributed by atoms with Crippen LogP contribution in [0.4, 0.5) is 10.7 Å². The molecule has 96 valence electrons. The molecule has 0 radical (unpaired) electrons. The Morgan fingerprint density at radius 2 is 2.06 bits per heavy atom. The van der Waals surface area contributed by atoms with E-state index in [0.29, 0.717) is 4.90 Å². The molecule has 0 aliphatic carbocycles. The molecule has 0 saturated carbocycles. The summed E-state index contributed by atoms with van der Waals surface area (Å²) in [5.41, 5.74) is 4.90. The molecule has 0 atom stereocenters. The fourth-order valence-electron chi connectivity index (χ4n) is 1.03. The fourth-order valence-corrected chi connectivity index (χ4v) is 1.03. The highest BCUT2D eigenvalue weighted by atomic mass is 16.4. The lowest BCUT2D eigenvalue weighted by Gasteiger charge is -2.18. The van der Waals surface area contributed by atoms with E-state index < -0.39 is 31.0 Å². The second kappa shape index (κ2) is 6.08. The van der Waals surface area contributed by atoms with E-state index in [2.05, 4.69) is 20.5 Å². The smallest absolute Gasteiger partial charge is 0.325 e. The summed E-state index contributed by atoms with van der Waals surface area (Å²) in [7, 11) is 0. The van der Waals surface area contributed by atoms with Crippen LogP contribution in [0.5, 0.6) is 0 Å². The molecule has 3 amide bonds. The third-order valence-corrected chi connectivity index (χ3v) is 1.66. The van der Waals surface area contributed by atoms with Gasteiger partial charge in [0.05, 0.1) is 12.4 Å². The van der Waals surface area contributed by atoms with Crippen molar-refractivity contribution in [2.24, 2.45) is 5.73 Å². The summed E-state index contributed by atoms with van der Waals surface area (Å²) in [6, 6.07) is -0.857. The van der Waals surface area contributed by atoms with Crippen molar-refractivity contribution in [2.45, 2.75) is 0 Å². The number of aliphatic carboxylic acids is 1. The molecule has 18 heavy (non-hydrogen) atoms. The number of amides is 3. The van der Waals surface area contributed by atoms with Crippen LogP contribution in [0.15, 0.2) is 12.4 Å². The number of nitrogens with zero attached hydrogens (tertiary/aromatic N) is 4.